The van der Waals surface area contributed by atoms with Gasteiger partial charge in [0.25, 0.3) is 0 Å². The number of benzene rings is 3. The lowest BCUT2D eigenvalue weighted by Gasteiger charge is -2.14. The van der Waals surface area contributed by atoms with Crippen LogP contribution in [-0.2, 0) is 0 Å². The Kier molecular flexibility index (Phi) is 4.80. The van der Waals surface area contributed by atoms with Gasteiger partial charge in [0.1, 0.15) is 24.7 Å². The number of carbonyl (C=O) groups excluding carboxylic acids is 1. The van der Waals surface area contributed by atoms with E-state index in [1.165, 1.54) is 0 Å². The molecule has 0 aliphatic carbocycles. The largest absolute Gasteiger partial charge is 0.489 e. The first-order valence-corrected chi connectivity index (χ1v) is 7.99. The zero-order chi connectivity index (χ0) is 16.9. The molecule has 0 bridgehead atoms. The first kappa shape index (κ1) is 16.1. The van der Waals surface area contributed by atoms with Crippen molar-refractivity contribution in [3.63, 3.8) is 0 Å². The summed E-state index contributed by atoms with van der Waals surface area (Å²) in [7, 11) is 0. The van der Waals surface area contributed by atoms with Crippen molar-refractivity contribution >= 4 is 17.1 Å². The van der Waals surface area contributed by atoms with Crippen LogP contribution < -0.4 is 9.47 Å². The third kappa shape index (κ3) is 3.25. The third-order valence-electron chi connectivity index (χ3n) is 4.04. The summed E-state index contributed by atoms with van der Waals surface area (Å²) < 4.78 is 11.6. The number of aryl methyl sites for hydroxylation is 2. The van der Waals surface area contributed by atoms with Crippen LogP contribution in [0.2, 0.25) is 0 Å². The van der Waals surface area contributed by atoms with Crippen molar-refractivity contribution in [3.05, 3.63) is 71.3 Å². The molecule has 0 radical (unpaired) electrons. The highest BCUT2D eigenvalue weighted by Crippen LogP contribution is 2.27. The van der Waals surface area contributed by atoms with Gasteiger partial charge in [-0.05, 0) is 41.8 Å². The highest BCUT2D eigenvalue weighted by atomic mass is 16.5. The van der Waals surface area contributed by atoms with E-state index in [4.69, 9.17) is 9.47 Å². The van der Waals surface area contributed by atoms with Gasteiger partial charge in [-0.2, -0.15) is 0 Å². The monoisotopic (exact) mass is 320 g/mol. The van der Waals surface area contributed by atoms with E-state index in [0.717, 1.165) is 33.9 Å². The van der Waals surface area contributed by atoms with Crippen LogP contribution >= 0.6 is 0 Å². The Labute approximate surface area is 141 Å². The fourth-order valence-electron chi connectivity index (χ4n) is 2.85. The SMILES string of the molecule is Cc1cccc(C)c1OCCOc1ccc2ccccc2c1C=O. The molecule has 0 N–H and O–H groups in total. The molecule has 0 amide bonds. The second-order valence-electron chi connectivity index (χ2n) is 5.73. The average Bonchev–Trinajstić information content (AvgIpc) is 2.60. The van der Waals surface area contributed by atoms with Gasteiger partial charge in [0, 0.05) is 0 Å². The summed E-state index contributed by atoms with van der Waals surface area (Å²) in [4.78, 5) is 11.5. The number of fused-ring (bicyclic) bond motifs is 1. The van der Waals surface area contributed by atoms with Crippen molar-refractivity contribution in [3.8, 4) is 11.5 Å². The molecule has 3 aromatic carbocycles. The van der Waals surface area contributed by atoms with E-state index < -0.39 is 0 Å². The molecular formula is C21H20O3. The topological polar surface area (TPSA) is 35.5 Å². The number of rotatable bonds is 6. The van der Waals surface area contributed by atoms with Crippen LogP contribution in [0.25, 0.3) is 10.8 Å². The Morgan fingerprint density at radius 2 is 1.54 bits per heavy atom. The molecular weight excluding hydrogens is 300 g/mol. The van der Waals surface area contributed by atoms with Crippen LogP contribution in [0.5, 0.6) is 11.5 Å². The fraction of sp³-hybridized carbons (Fsp3) is 0.190. The highest BCUT2D eigenvalue weighted by Gasteiger charge is 2.08. The van der Waals surface area contributed by atoms with Gasteiger partial charge < -0.3 is 9.47 Å². The van der Waals surface area contributed by atoms with Gasteiger partial charge in [0.05, 0.1) is 5.56 Å². The summed E-state index contributed by atoms with van der Waals surface area (Å²) >= 11 is 0. The van der Waals surface area contributed by atoms with E-state index in [0.29, 0.717) is 24.5 Å². The van der Waals surface area contributed by atoms with Crippen LogP contribution in [0.3, 0.4) is 0 Å². The summed E-state index contributed by atoms with van der Waals surface area (Å²) in [6, 6.07) is 17.6. The minimum atomic E-state index is 0.382. The Balaban J connectivity index is 1.69. The van der Waals surface area contributed by atoms with Crippen molar-refractivity contribution in [1.82, 2.24) is 0 Å². The van der Waals surface area contributed by atoms with Crippen LogP contribution in [0.1, 0.15) is 21.5 Å². The molecule has 3 heteroatoms. The maximum atomic E-state index is 11.5. The third-order valence-corrected chi connectivity index (χ3v) is 4.04. The van der Waals surface area contributed by atoms with Crippen LogP contribution in [0.15, 0.2) is 54.6 Å². The standard InChI is InChI=1S/C21H20O3/c1-15-6-5-7-16(2)21(15)24-13-12-23-20-11-10-17-8-3-4-9-18(17)19(20)14-22/h3-11,14H,12-13H2,1-2H3. The Bertz CT molecular complexity index is 848. The van der Waals surface area contributed by atoms with Gasteiger partial charge in [0.2, 0.25) is 0 Å². The quantitative estimate of drug-likeness (QED) is 0.487. The minimum absolute atomic E-state index is 0.382. The van der Waals surface area contributed by atoms with E-state index in [1.807, 2.05) is 68.4 Å². The van der Waals surface area contributed by atoms with E-state index >= 15 is 0 Å². The molecule has 0 aliphatic rings. The van der Waals surface area contributed by atoms with Gasteiger partial charge >= 0.3 is 0 Å². The van der Waals surface area contributed by atoms with Gasteiger partial charge in [0.15, 0.2) is 6.29 Å². The van der Waals surface area contributed by atoms with Crippen molar-refractivity contribution in [2.45, 2.75) is 13.8 Å². The molecule has 0 aromatic heterocycles. The van der Waals surface area contributed by atoms with E-state index in [2.05, 4.69) is 0 Å². The van der Waals surface area contributed by atoms with E-state index in [-0.39, 0.29) is 0 Å². The number of aldehydes is 1. The lowest BCUT2D eigenvalue weighted by Crippen LogP contribution is -2.11. The maximum Gasteiger partial charge on any atom is 0.154 e. The molecule has 3 nitrogen and oxygen atoms in total. The molecule has 0 saturated heterocycles. The second-order valence-corrected chi connectivity index (χ2v) is 5.73. The number of hydrogen-bond acceptors (Lipinski definition) is 3. The minimum Gasteiger partial charge on any atom is -0.489 e. The predicted molar refractivity (Wildman–Crippen MR) is 96.2 cm³/mol. The molecule has 3 aromatic rings. The zero-order valence-electron chi connectivity index (χ0n) is 13.9. The first-order valence-electron chi connectivity index (χ1n) is 7.99. The summed E-state index contributed by atoms with van der Waals surface area (Å²) in [5, 5.41) is 1.93. The van der Waals surface area contributed by atoms with E-state index in [9.17, 15) is 4.79 Å². The zero-order valence-corrected chi connectivity index (χ0v) is 13.9. The lowest BCUT2D eigenvalue weighted by atomic mass is 10.0. The number of para-hydroxylation sites is 1. The van der Waals surface area contributed by atoms with Crippen molar-refractivity contribution in [2.75, 3.05) is 13.2 Å². The van der Waals surface area contributed by atoms with Gasteiger partial charge in [-0.1, -0.05) is 48.5 Å². The van der Waals surface area contributed by atoms with Gasteiger partial charge in [-0.15, -0.1) is 0 Å². The summed E-state index contributed by atoms with van der Waals surface area (Å²) in [6.07, 6.45) is 0.851. The molecule has 0 aliphatic heterocycles. The van der Waals surface area contributed by atoms with Crippen molar-refractivity contribution in [1.29, 1.82) is 0 Å². The second kappa shape index (κ2) is 7.18. The maximum absolute atomic E-state index is 11.5. The Hall–Kier alpha value is -2.81. The van der Waals surface area contributed by atoms with Crippen molar-refractivity contribution in [2.24, 2.45) is 0 Å². The number of carbonyl (C=O) groups is 1. The molecule has 0 saturated carbocycles. The van der Waals surface area contributed by atoms with E-state index in [1.54, 1.807) is 0 Å². The molecule has 0 unspecified atom stereocenters. The fourth-order valence-corrected chi connectivity index (χ4v) is 2.85. The first-order chi connectivity index (χ1) is 11.7. The smallest absolute Gasteiger partial charge is 0.154 e. The van der Waals surface area contributed by atoms with Gasteiger partial charge in [-0.3, -0.25) is 4.79 Å². The molecule has 122 valence electrons. The average molecular weight is 320 g/mol. The highest BCUT2D eigenvalue weighted by molar-refractivity contribution is 6.00. The number of ether oxygens (including phenoxy) is 2. The van der Waals surface area contributed by atoms with Gasteiger partial charge in [-0.25, -0.2) is 0 Å². The Morgan fingerprint density at radius 1 is 0.833 bits per heavy atom. The predicted octanol–water partition coefficient (Wildman–Crippen LogP) is 4.73. The summed E-state index contributed by atoms with van der Waals surface area (Å²) in [6.45, 7) is 4.86. The summed E-state index contributed by atoms with van der Waals surface area (Å²) in [5.74, 6) is 1.49. The molecule has 0 atom stereocenters. The molecule has 24 heavy (non-hydrogen) atoms. The van der Waals surface area contributed by atoms with Crippen LogP contribution in [0.4, 0.5) is 0 Å². The molecule has 0 heterocycles. The molecule has 0 fully saturated rings. The van der Waals surface area contributed by atoms with Crippen molar-refractivity contribution < 1.29 is 14.3 Å². The number of hydrogen-bond donors (Lipinski definition) is 0. The molecule has 0 spiro atoms. The van der Waals surface area contributed by atoms with Crippen LogP contribution in [0, 0.1) is 13.8 Å². The molecule has 3 rings (SSSR count). The Morgan fingerprint density at radius 3 is 2.29 bits per heavy atom. The summed E-state index contributed by atoms with van der Waals surface area (Å²) in [5.41, 5.74) is 2.80. The lowest BCUT2D eigenvalue weighted by molar-refractivity contribution is 0.112. The normalized spacial score (nSPS) is 10.6. The van der Waals surface area contributed by atoms with Crippen LogP contribution in [-0.4, -0.2) is 19.5 Å².